The van der Waals surface area contributed by atoms with Gasteiger partial charge in [-0.25, -0.2) is 4.98 Å². The van der Waals surface area contributed by atoms with Crippen LogP contribution < -0.4 is 5.73 Å². The average Bonchev–Trinajstić information content (AvgIpc) is 1.85. The number of nitrogens with two attached hydrogens (primary N) is 1. The molecule has 4 N–H and O–H groups in total. The molecule has 1 rings (SSSR count). The van der Waals surface area contributed by atoms with Gasteiger partial charge in [0.1, 0.15) is 5.84 Å². The minimum absolute atomic E-state index is 0.0641. The number of nitrogens with one attached hydrogen (secondary N) is 1. The first-order valence-electron chi connectivity index (χ1n) is 3.11. The Labute approximate surface area is 64.2 Å². The molecule has 0 saturated heterocycles. The van der Waals surface area contributed by atoms with E-state index in [1.54, 1.807) is 13.0 Å². The molecule has 0 saturated carbocycles. The predicted octanol–water partition coefficient (Wildman–Crippen LogP) is 0.380. The molecular weight excluding hydrogens is 142 g/mol. The second kappa shape index (κ2) is 2.57. The zero-order chi connectivity index (χ0) is 8.43. The molecule has 0 aromatic carbocycles. The molecule has 4 nitrogen and oxygen atoms in total. The largest absolute Gasteiger partial charge is 0.493 e. The quantitative estimate of drug-likeness (QED) is 0.400. The van der Waals surface area contributed by atoms with Gasteiger partial charge in [-0.3, -0.25) is 5.41 Å². The van der Waals surface area contributed by atoms with E-state index in [0.717, 1.165) is 0 Å². The summed E-state index contributed by atoms with van der Waals surface area (Å²) >= 11 is 0. The first kappa shape index (κ1) is 7.53. The zero-order valence-electron chi connectivity index (χ0n) is 6.13. The lowest BCUT2D eigenvalue weighted by Crippen LogP contribution is -2.11. The van der Waals surface area contributed by atoms with Crippen molar-refractivity contribution < 1.29 is 5.11 Å². The van der Waals surface area contributed by atoms with Crippen molar-refractivity contribution in [3.05, 3.63) is 23.4 Å². The van der Waals surface area contributed by atoms with Gasteiger partial charge < -0.3 is 10.8 Å². The van der Waals surface area contributed by atoms with Gasteiger partial charge in [0.25, 0.3) is 0 Å². The summed E-state index contributed by atoms with van der Waals surface area (Å²) in [4.78, 5) is 3.72. The van der Waals surface area contributed by atoms with Crippen LogP contribution in [0.2, 0.25) is 0 Å². The molecule has 0 aliphatic rings. The standard InChI is InChI=1S/C7H9N3O/c1-4-2-5(7(8)9)3-6(11)10-4/h2-3H,1H3,(H3,8,9)(H,10,11). The Bertz CT molecular complexity index is 275. The van der Waals surface area contributed by atoms with Crippen molar-refractivity contribution in [3.8, 4) is 5.88 Å². The van der Waals surface area contributed by atoms with Crippen LogP contribution in [0, 0.1) is 12.3 Å². The number of aromatic hydroxyl groups is 1. The van der Waals surface area contributed by atoms with E-state index in [0.29, 0.717) is 11.3 Å². The molecule has 0 amide bonds. The van der Waals surface area contributed by atoms with Gasteiger partial charge >= 0.3 is 0 Å². The first-order chi connectivity index (χ1) is 5.09. The van der Waals surface area contributed by atoms with Crippen molar-refractivity contribution in [2.75, 3.05) is 0 Å². The molecule has 1 aromatic heterocycles. The SMILES string of the molecule is Cc1cc(C(=N)N)cc(O)n1. The lowest BCUT2D eigenvalue weighted by atomic mass is 10.2. The van der Waals surface area contributed by atoms with E-state index in [9.17, 15) is 0 Å². The van der Waals surface area contributed by atoms with Crippen molar-refractivity contribution in [2.45, 2.75) is 6.92 Å². The molecule has 1 aromatic rings. The number of pyridine rings is 1. The van der Waals surface area contributed by atoms with Crippen molar-refractivity contribution in [1.82, 2.24) is 4.98 Å². The molecule has 0 unspecified atom stereocenters. The Morgan fingerprint density at radius 1 is 1.64 bits per heavy atom. The molecule has 0 bridgehead atoms. The van der Waals surface area contributed by atoms with Crippen molar-refractivity contribution >= 4 is 5.84 Å². The maximum absolute atomic E-state index is 8.98. The van der Waals surface area contributed by atoms with E-state index in [1.807, 2.05) is 0 Å². The van der Waals surface area contributed by atoms with E-state index in [1.165, 1.54) is 6.07 Å². The summed E-state index contributed by atoms with van der Waals surface area (Å²) < 4.78 is 0. The summed E-state index contributed by atoms with van der Waals surface area (Å²) in [7, 11) is 0. The number of hydrogen-bond acceptors (Lipinski definition) is 3. The Morgan fingerprint density at radius 3 is 2.73 bits per heavy atom. The minimum atomic E-state index is -0.102. The van der Waals surface area contributed by atoms with Gasteiger partial charge in [0.05, 0.1) is 0 Å². The van der Waals surface area contributed by atoms with E-state index in [-0.39, 0.29) is 11.7 Å². The molecule has 1 heterocycles. The maximum Gasteiger partial charge on any atom is 0.211 e. The Balaban J connectivity index is 3.19. The first-order valence-corrected chi connectivity index (χ1v) is 3.11. The zero-order valence-corrected chi connectivity index (χ0v) is 6.13. The number of amidine groups is 1. The molecule has 0 spiro atoms. The highest BCUT2D eigenvalue weighted by Crippen LogP contribution is 2.09. The molecule has 0 atom stereocenters. The van der Waals surface area contributed by atoms with Gasteiger partial charge in [-0.1, -0.05) is 0 Å². The summed E-state index contributed by atoms with van der Waals surface area (Å²) in [5, 5.41) is 16.0. The van der Waals surface area contributed by atoms with Gasteiger partial charge in [-0.05, 0) is 13.0 Å². The van der Waals surface area contributed by atoms with Crippen LogP contribution in [0.1, 0.15) is 11.3 Å². The van der Waals surface area contributed by atoms with E-state index in [2.05, 4.69) is 4.98 Å². The summed E-state index contributed by atoms with van der Waals surface area (Å²) in [6.07, 6.45) is 0. The third-order valence-corrected chi connectivity index (χ3v) is 1.25. The van der Waals surface area contributed by atoms with Crippen LogP contribution in [0.5, 0.6) is 5.88 Å². The highest BCUT2D eigenvalue weighted by atomic mass is 16.3. The third-order valence-electron chi connectivity index (χ3n) is 1.25. The van der Waals surface area contributed by atoms with Crippen molar-refractivity contribution in [1.29, 1.82) is 5.41 Å². The Hall–Kier alpha value is -1.58. The topological polar surface area (TPSA) is 83.0 Å². The molecule has 0 aliphatic heterocycles. The second-order valence-electron chi connectivity index (χ2n) is 2.27. The number of nitrogens with zero attached hydrogens (tertiary/aromatic N) is 1. The fraction of sp³-hybridized carbons (Fsp3) is 0.143. The summed E-state index contributed by atoms with van der Waals surface area (Å²) in [5.74, 6) is -0.166. The number of nitrogen functional groups attached to an aromatic ring is 1. The van der Waals surface area contributed by atoms with Crippen LogP contribution in [0.15, 0.2) is 12.1 Å². The smallest absolute Gasteiger partial charge is 0.211 e. The third kappa shape index (κ3) is 1.67. The highest BCUT2D eigenvalue weighted by Gasteiger charge is 1.99. The predicted molar refractivity (Wildman–Crippen MR) is 41.7 cm³/mol. The lowest BCUT2D eigenvalue weighted by molar-refractivity contribution is 0.452. The maximum atomic E-state index is 8.98. The number of rotatable bonds is 1. The minimum Gasteiger partial charge on any atom is -0.493 e. The summed E-state index contributed by atoms with van der Waals surface area (Å²) in [6, 6.07) is 3.00. The van der Waals surface area contributed by atoms with Crippen LogP contribution in [0.4, 0.5) is 0 Å². The number of aryl methyl sites for hydroxylation is 1. The molecule has 0 aliphatic carbocycles. The van der Waals surface area contributed by atoms with Crippen molar-refractivity contribution in [2.24, 2.45) is 5.73 Å². The van der Waals surface area contributed by atoms with Crippen molar-refractivity contribution in [3.63, 3.8) is 0 Å². The van der Waals surface area contributed by atoms with E-state index >= 15 is 0 Å². The monoisotopic (exact) mass is 151 g/mol. The second-order valence-corrected chi connectivity index (χ2v) is 2.27. The van der Waals surface area contributed by atoms with Crippen LogP contribution >= 0.6 is 0 Å². The Kier molecular flexibility index (Phi) is 1.76. The van der Waals surface area contributed by atoms with Crippen LogP contribution in [-0.2, 0) is 0 Å². The summed E-state index contributed by atoms with van der Waals surface area (Å²) in [5.41, 5.74) is 6.34. The van der Waals surface area contributed by atoms with Crippen LogP contribution in [-0.4, -0.2) is 15.9 Å². The highest BCUT2D eigenvalue weighted by molar-refractivity contribution is 5.95. The lowest BCUT2D eigenvalue weighted by Gasteiger charge is -1.99. The number of hydrogen-bond donors (Lipinski definition) is 3. The van der Waals surface area contributed by atoms with Gasteiger partial charge in [0.15, 0.2) is 0 Å². The van der Waals surface area contributed by atoms with Gasteiger partial charge in [0.2, 0.25) is 5.88 Å². The fourth-order valence-electron chi connectivity index (χ4n) is 0.807. The molecular formula is C7H9N3O. The fourth-order valence-corrected chi connectivity index (χ4v) is 0.807. The van der Waals surface area contributed by atoms with E-state index < -0.39 is 0 Å². The summed E-state index contributed by atoms with van der Waals surface area (Å²) in [6.45, 7) is 1.73. The average molecular weight is 151 g/mol. The van der Waals surface area contributed by atoms with Crippen LogP contribution in [0.25, 0.3) is 0 Å². The molecule has 58 valence electrons. The molecule has 0 fully saturated rings. The number of aromatic nitrogens is 1. The van der Waals surface area contributed by atoms with E-state index in [4.69, 9.17) is 16.2 Å². The molecule has 4 heteroatoms. The van der Waals surface area contributed by atoms with Crippen LogP contribution in [0.3, 0.4) is 0 Å². The van der Waals surface area contributed by atoms with Gasteiger partial charge in [0, 0.05) is 17.3 Å². The van der Waals surface area contributed by atoms with Gasteiger partial charge in [-0.15, -0.1) is 0 Å². The normalized spacial score (nSPS) is 9.55. The Morgan fingerprint density at radius 2 is 2.27 bits per heavy atom. The van der Waals surface area contributed by atoms with Gasteiger partial charge in [-0.2, -0.15) is 0 Å². The molecule has 11 heavy (non-hydrogen) atoms. The molecule has 0 radical (unpaired) electrons.